The Bertz CT molecular complexity index is 885. The van der Waals surface area contributed by atoms with Gasteiger partial charge < -0.3 is 10.2 Å². The summed E-state index contributed by atoms with van der Waals surface area (Å²) in [6.07, 6.45) is 12.7. The fourth-order valence-electron chi connectivity index (χ4n) is 10.7. The van der Waals surface area contributed by atoms with Gasteiger partial charge >= 0.3 is 5.97 Å². The van der Waals surface area contributed by atoms with E-state index in [2.05, 4.69) is 54.5 Å². The van der Waals surface area contributed by atoms with Crippen molar-refractivity contribution in [1.82, 2.24) is 0 Å². The first-order chi connectivity index (χ1) is 15.1. The summed E-state index contributed by atoms with van der Waals surface area (Å²) >= 11 is 0. The molecule has 33 heavy (non-hydrogen) atoms. The summed E-state index contributed by atoms with van der Waals surface area (Å²) in [7, 11) is 0. The van der Waals surface area contributed by atoms with Gasteiger partial charge in [-0.1, -0.05) is 60.1 Å². The van der Waals surface area contributed by atoms with Crippen molar-refractivity contribution in [3.8, 4) is 0 Å². The van der Waals surface area contributed by atoms with E-state index in [1.165, 1.54) is 24.8 Å². The molecule has 5 aliphatic rings. The topological polar surface area (TPSA) is 57.5 Å². The van der Waals surface area contributed by atoms with Crippen molar-refractivity contribution in [2.24, 2.45) is 50.2 Å². The first-order valence-electron chi connectivity index (χ1n) is 13.8. The minimum Gasteiger partial charge on any atom is -0.481 e. The minimum absolute atomic E-state index is 0.0208. The lowest BCUT2D eigenvalue weighted by Crippen LogP contribution is -2.66. The summed E-state index contributed by atoms with van der Waals surface area (Å²) < 4.78 is 0. The van der Waals surface area contributed by atoms with Crippen molar-refractivity contribution in [3.05, 3.63) is 11.6 Å². The maximum absolute atomic E-state index is 12.7. The van der Waals surface area contributed by atoms with Gasteiger partial charge in [-0.15, -0.1) is 0 Å². The molecule has 0 bridgehead atoms. The third-order valence-electron chi connectivity index (χ3n) is 13.0. The number of allylic oxidation sites excluding steroid dienone is 1. The Morgan fingerprint density at radius 1 is 0.788 bits per heavy atom. The van der Waals surface area contributed by atoms with Crippen LogP contribution in [0.1, 0.15) is 113 Å². The van der Waals surface area contributed by atoms with Crippen LogP contribution < -0.4 is 0 Å². The van der Waals surface area contributed by atoms with Crippen LogP contribution in [-0.2, 0) is 4.79 Å². The van der Waals surface area contributed by atoms with Crippen molar-refractivity contribution < 1.29 is 15.0 Å². The summed E-state index contributed by atoms with van der Waals surface area (Å²) in [5, 5.41) is 21.4. The molecular weight excluding hydrogens is 408 g/mol. The number of carboxylic acids is 1. The van der Waals surface area contributed by atoms with E-state index in [0.29, 0.717) is 17.8 Å². The second-order valence-electron chi connectivity index (χ2n) is 15.0. The highest BCUT2D eigenvalue weighted by atomic mass is 16.4. The third-order valence-corrected chi connectivity index (χ3v) is 13.0. The van der Waals surface area contributed by atoms with Gasteiger partial charge in [0.05, 0.1) is 11.5 Å². The largest absolute Gasteiger partial charge is 0.481 e. The maximum Gasteiger partial charge on any atom is 0.313 e. The van der Waals surface area contributed by atoms with Gasteiger partial charge in [0.2, 0.25) is 0 Å². The number of hydrogen-bond acceptors (Lipinski definition) is 2. The molecule has 0 spiro atoms. The van der Waals surface area contributed by atoms with Gasteiger partial charge in [0.15, 0.2) is 0 Å². The smallest absolute Gasteiger partial charge is 0.313 e. The first-order valence-corrected chi connectivity index (χ1v) is 13.8. The molecule has 0 aliphatic heterocycles. The molecule has 4 saturated carbocycles. The van der Waals surface area contributed by atoms with Gasteiger partial charge in [-0.25, -0.2) is 0 Å². The number of rotatable bonds is 1. The number of carbonyl (C=O) groups is 1. The zero-order chi connectivity index (χ0) is 24.2. The number of aliphatic carboxylic acids is 1. The van der Waals surface area contributed by atoms with Crippen molar-refractivity contribution >= 4 is 5.97 Å². The van der Waals surface area contributed by atoms with Crippen molar-refractivity contribution in [1.29, 1.82) is 0 Å². The molecule has 0 amide bonds. The van der Waals surface area contributed by atoms with Gasteiger partial charge in [-0.2, -0.15) is 0 Å². The van der Waals surface area contributed by atoms with E-state index in [4.69, 9.17) is 0 Å². The monoisotopic (exact) mass is 456 g/mol. The van der Waals surface area contributed by atoms with Crippen LogP contribution in [0.25, 0.3) is 0 Å². The Hall–Kier alpha value is -0.830. The van der Waals surface area contributed by atoms with Crippen molar-refractivity contribution in [3.63, 3.8) is 0 Å². The fraction of sp³-hybridized carbons (Fsp3) is 0.900. The van der Waals surface area contributed by atoms with E-state index in [0.717, 1.165) is 44.9 Å². The molecule has 186 valence electrons. The molecule has 2 N–H and O–H groups in total. The number of aliphatic hydroxyl groups excluding tert-OH is 1. The highest BCUT2D eigenvalue weighted by Gasteiger charge is 2.69. The fourth-order valence-corrected chi connectivity index (χ4v) is 10.7. The van der Waals surface area contributed by atoms with Crippen LogP contribution in [0.5, 0.6) is 0 Å². The summed E-state index contributed by atoms with van der Waals surface area (Å²) in [5.41, 5.74) is 1.40. The molecule has 3 heteroatoms. The molecule has 5 rings (SSSR count). The summed E-state index contributed by atoms with van der Waals surface area (Å²) in [6.45, 7) is 16.9. The van der Waals surface area contributed by atoms with E-state index < -0.39 is 11.4 Å². The SMILES string of the molecule is CC1(C)C=C2[C@H]3CCC4[C@@]5(C)CCC(O)C(C)(C)C5CC[C@@]4(C)[C@@]3(C)CC[C@@]2(C(=O)O)CC1. The lowest BCUT2D eigenvalue weighted by molar-refractivity contribution is -0.229. The molecule has 0 heterocycles. The van der Waals surface area contributed by atoms with Crippen LogP contribution in [0.2, 0.25) is 0 Å². The Balaban J connectivity index is 1.58. The second-order valence-corrected chi connectivity index (χ2v) is 15.0. The summed E-state index contributed by atoms with van der Waals surface area (Å²) in [4.78, 5) is 12.7. The number of aliphatic hydroxyl groups is 1. The zero-order valence-corrected chi connectivity index (χ0v) is 22.3. The Labute approximate surface area is 201 Å². The lowest BCUT2D eigenvalue weighted by Gasteiger charge is -2.72. The maximum atomic E-state index is 12.7. The predicted molar refractivity (Wildman–Crippen MR) is 133 cm³/mol. The standard InChI is InChI=1S/C30H48O3/c1-25(2)14-16-30(24(32)33)17-15-28(6)19(20(30)18-25)8-9-22-27(5)12-11-23(31)26(3,4)21(27)10-13-29(22,28)7/h18-19,21-23,31H,8-17H2,1-7H3,(H,32,33)/t19-,21?,22?,23?,27+,28+,29-,30+/m1/s1. The average Bonchev–Trinajstić information content (AvgIpc) is 2.71. The van der Waals surface area contributed by atoms with Crippen LogP contribution in [0.15, 0.2) is 11.6 Å². The number of carboxylic acid groups (broad SMARTS) is 1. The second kappa shape index (κ2) is 6.89. The van der Waals surface area contributed by atoms with E-state index in [-0.39, 0.29) is 33.2 Å². The first kappa shape index (κ1) is 23.9. The molecule has 8 atom stereocenters. The summed E-state index contributed by atoms with van der Waals surface area (Å²) in [5.74, 6) is 1.05. The predicted octanol–water partition coefficient (Wildman–Crippen LogP) is 7.23. The Kier molecular flexibility index (Phi) is 4.99. The van der Waals surface area contributed by atoms with Gasteiger partial charge in [-0.05, 0) is 109 Å². The van der Waals surface area contributed by atoms with Crippen LogP contribution in [-0.4, -0.2) is 22.3 Å². The zero-order valence-electron chi connectivity index (χ0n) is 22.3. The van der Waals surface area contributed by atoms with E-state index in [9.17, 15) is 15.0 Å². The van der Waals surface area contributed by atoms with Gasteiger partial charge in [0.25, 0.3) is 0 Å². The molecule has 0 radical (unpaired) electrons. The van der Waals surface area contributed by atoms with Gasteiger partial charge in [-0.3, -0.25) is 4.79 Å². The highest BCUT2D eigenvalue weighted by molar-refractivity contribution is 5.80. The summed E-state index contributed by atoms with van der Waals surface area (Å²) in [6, 6.07) is 0. The van der Waals surface area contributed by atoms with E-state index in [1.54, 1.807) is 0 Å². The molecule has 0 aromatic rings. The van der Waals surface area contributed by atoms with Gasteiger partial charge in [0, 0.05) is 0 Å². The number of hydrogen-bond donors (Lipinski definition) is 2. The molecule has 5 aliphatic carbocycles. The van der Waals surface area contributed by atoms with Crippen LogP contribution in [0.3, 0.4) is 0 Å². The Morgan fingerprint density at radius 3 is 2.12 bits per heavy atom. The average molecular weight is 457 g/mol. The van der Waals surface area contributed by atoms with Crippen LogP contribution in [0.4, 0.5) is 0 Å². The van der Waals surface area contributed by atoms with Crippen molar-refractivity contribution in [2.75, 3.05) is 0 Å². The van der Waals surface area contributed by atoms with Crippen LogP contribution >= 0.6 is 0 Å². The van der Waals surface area contributed by atoms with E-state index in [1.807, 2.05) is 0 Å². The van der Waals surface area contributed by atoms with Crippen LogP contribution in [0, 0.1) is 50.2 Å². The lowest BCUT2D eigenvalue weighted by atomic mass is 9.32. The molecule has 0 saturated heterocycles. The number of fused-ring (bicyclic) bond motifs is 7. The normalized spacial score (nSPS) is 52.4. The third kappa shape index (κ3) is 2.87. The van der Waals surface area contributed by atoms with Crippen molar-refractivity contribution in [2.45, 2.75) is 119 Å². The molecule has 4 fully saturated rings. The highest BCUT2D eigenvalue weighted by Crippen LogP contribution is 2.76. The molecular formula is C30H48O3. The molecule has 0 aromatic heterocycles. The van der Waals surface area contributed by atoms with E-state index >= 15 is 0 Å². The molecule has 3 nitrogen and oxygen atoms in total. The molecule has 0 aromatic carbocycles. The Morgan fingerprint density at radius 2 is 1.45 bits per heavy atom. The quantitative estimate of drug-likeness (QED) is 0.409. The minimum atomic E-state index is -0.624. The molecule has 3 unspecified atom stereocenters. The van der Waals surface area contributed by atoms with Gasteiger partial charge in [0.1, 0.15) is 0 Å².